The predicted octanol–water partition coefficient (Wildman–Crippen LogP) is 2.91. The number of phenols is 1. The van der Waals surface area contributed by atoms with Crippen LogP contribution in [0.2, 0.25) is 0 Å². The maximum absolute atomic E-state index is 12.4. The number of rotatable bonds is 3. The predicted molar refractivity (Wildman–Crippen MR) is 79.9 cm³/mol. The number of aryl methyl sites for hydroxylation is 1. The van der Waals surface area contributed by atoms with Gasteiger partial charge >= 0.3 is 0 Å². The van der Waals surface area contributed by atoms with Gasteiger partial charge in [0.05, 0.1) is 9.80 Å². The van der Waals surface area contributed by atoms with E-state index in [1.807, 2.05) is 13.0 Å². The van der Waals surface area contributed by atoms with Crippen molar-refractivity contribution >= 4 is 15.9 Å². The normalized spacial score (nSPS) is 15.4. The third-order valence-corrected chi connectivity index (χ3v) is 5.30. The Kier molecular flexibility index (Phi) is 3.22. The first-order chi connectivity index (χ1) is 9.98. The molecule has 0 saturated heterocycles. The van der Waals surface area contributed by atoms with Crippen LogP contribution in [-0.4, -0.2) is 20.1 Å². The summed E-state index contributed by atoms with van der Waals surface area (Å²) in [5.74, 6) is 0.648. The van der Waals surface area contributed by atoms with Gasteiger partial charge in [-0.3, -0.25) is 0 Å². The van der Waals surface area contributed by atoms with Crippen molar-refractivity contribution in [2.75, 3.05) is 6.61 Å². The maximum atomic E-state index is 12.4. The molecule has 1 heterocycles. The third-order valence-electron chi connectivity index (χ3n) is 3.44. The summed E-state index contributed by atoms with van der Waals surface area (Å²) in [6.07, 6.45) is 1.67. The zero-order valence-corrected chi connectivity index (χ0v) is 12.2. The molecule has 0 spiro atoms. The zero-order valence-electron chi connectivity index (χ0n) is 11.4. The minimum Gasteiger partial charge on any atom is -0.508 e. The standard InChI is InChI=1S/C16H14O4S/c1-11-3-2-4-16-15(11)9-14(21(16,18)19)10-20-13-7-5-12(17)6-8-13/h2-9,17H,10H2,1H3. The van der Waals surface area contributed by atoms with Crippen molar-refractivity contribution < 1.29 is 18.3 Å². The van der Waals surface area contributed by atoms with Crippen molar-refractivity contribution in [2.24, 2.45) is 0 Å². The van der Waals surface area contributed by atoms with E-state index >= 15 is 0 Å². The van der Waals surface area contributed by atoms with Crippen LogP contribution in [0.25, 0.3) is 6.08 Å². The van der Waals surface area contributed by atoms with E-state index in [0.29, 0.717) is 10.6 Å². The molecular weight excluding hydrogens is 288 g/mol. The Morgan fingerprint density at radius 1 is 1.10 bits per heavy atom. The van der Waals surface area contributed by atoms with Gasteiger partial charge in [-0.25, -0.2) is 8.42 Å². The molecule has 1 aliphatic heterocycles. The minimum atomic E-state index is -3.46. The van der Waals surface area contributed by atoms with Crippen molar-refractivity contribution in [3.8, 4) is 11.5 Å². The van der Waals surface area contributed by atoms with E-state index in [1.165, 1.54) is 12.1 Å². The van der Waals surface area contributed by atoms with Gasteiger partial charge in [0.1, 0.15) is 18.1 Å². The van der Waals surface area contributed by atoms with E-state index in [9.17, 15) is 13.5 Å². The Bertz CT molecular complexity index is 818. The van der Waals surface area contributed by atoms with Gasteiger partial charge in [0.2, 0.25) is 9.84 Å². The number of hydrogen-bond acceptors (Lipinski definition) is 4. The van der Waals surface area contributed by atoms with Crippen LogP contribution in [0.15, 0.2) is 52.3 Å². The fourth-order valence-corrected chi connectivity index (χ4v) is 3.81. The fourth-order valence-electron chi connectivity index (χ4n) is 2.27. The third kappa shape index (κ3) is 2.40. The molecule has 21 heavy (non-hydrogen) atoms. The van der Waals surface area contributed by atoms with E-state index in [2.05, 4.69) is 0 Å². The van der Waals surface area contributed by atoms with Crippen molar-refractivity contribution in [3.63, 3.8) is 0 Å². The SMILES string of the molecule is Cc1cccc2c1C=C(COc1ccc(O)cc1)S2(=O)=O. The second kappa shape index (κ2) is 4.93. The van der Waals surface area contributed by atoms with Crippen LogP contribution < -0.4 is 4.74 Å². The van der Waals surface area contributed by atoms with Crippen molar-refractivity contribution in [2.45, 2.75) is 11.8 Å². The molecular formula is C16H14O4S. The van der Waals surface area contributed by atoms with Crippen molar-refractivity contribution in [1.82, 2.24) is 0 Å². The molecule has 0 unspecified atom stereocenters. The molecule has 108 valence electrons. The quantitative estimate of drug-likeness (QED) is 0.947. The van der Waals surface area contributed by atoms with Crippen LogP contribution in [0.1, 0.15) is 11.1 Å². The van der Waals surface area contributed by atoms with E-state index in [-0.39, 0.29) is 17.3 Å². The van der Waals surface area contributed by atoms with Gasteiger partial charge in [0, 0.05) is 0 Å². The first-order valence-electron chi connectivity index (χ1n) is 6.45. The Balaban J connectivity index is 1.86. The van der Waals surface area contributed by atoms with Gasteiger partial charge in [-0.05, 0) is 54.5 Å². The highest BCUT2D eigenvalue weighted by Gasteiger charge is 2.30. The van der Waals surface area contributed by atoms with Crippen LogP contribution in [-0.2, 0) is 9.84 Å². The summed E-state index contributed by atoms with van der Waals surface area (Å²) in [6.45, 7) is 1.86. The van der Waals surface area contributed by atoms with Crippen molar-refractivity contribution in [1.29, 1.82) is 0 Å². The molecule has 0 aliphatic carbocycles. The van der Waals surface area contributed by atoms with Gasteiger partial charge in [0.15, 0.2) is 0 Å². The molecule has 0 fully saturated rings. The number of fused-ring (bicyclic) bond motifs is 1. The smallest absolute Gasteiger partial charge is 0.206 e. The number of phenolic OH excluding ortho intramolecular Hbond substituents is 1. The largest absolute Gasteiger partial charge is 0.508 e. The molecule has 0 bridgehead atoms. The molecule has 0 aromatic heterocycles. The van der Waals surface area contributed by atoms with Gasteiger partial charge in [-0.2, -0.15) is 0 Å². The average Bonchev–Trinajstić information content (AvgIpc) is 2.71. The highest BCUT2D eigenvalue weighted by atomic mass is 32.2. The van der Waals surface area contributed by atoms with E-state index in [1.54, 1.807) is 30.3 Å². The highest BCUT2D eigenvalue weighted by molar-refractivity contribution is 7.95. The number of benzene rings is 2. The molecule has 1 N–H and O–H groups in total. The molecule has 0 amide bonds. The first kappa shape index (κ1) is 13.7. The van der Waals surface area contributed by atoms with Gasteiger partial charge < -0.3 is 9.84 Å². The van der Waals surface area contributed by atoms with Gasteiger partial charge in [-0.15, -0.1) is 0 Å². The second-order valence-corrected chi connectivity index (χ2v) is 6.85. The monoisotopic (exact) mass is 302 g/mol. The number of aromatic hydroxyl groups is 1. The lowest BCUT2D eigenvalue weighted by atomic mass is 10.1. The Morgan fingerprint density at radius 2 is 1.81 bits per heavy atom. The lowest BCUT2D eigenvalue weighted by molar-refractivity contribution is 0.358. The summed E-state index contributed by atoms with van der Waals surface area (Å²) < 4.78 is 30.3. The van der Waals surface area contributed by atoms with Gasteiger partial charge in [0.25, 0.3) is 0 Å². The number of hydrogen-bond donors (Lipinski definition) is 1. The number of sulfone groups is 1. The Morgan fingerprint density at radius 3 is 2.48 bits per heavy atom. The Hall–Kier alpha value is -2.27. The summed E-state index contributed by atoms with van der Waals surface area (Å²) >= 11 is 0. The van der Waals surface area contributed by atoms with E-state index in [4.69, 9.17) is 4.74 Å². The van der Waals surface area contributed by atoms with Crippen LogP contribution in [0.3, 0.4) is 0 Å². The first-order valence-corrected chi connectivity index (χ1v) is 7.94. The summed E-state index contributed by atoms with van der Waals surface area (Å²) in [6, 6.07) is 11.4. The Labute approximate surface area is 123 Å². The molecule has 0 atom stereocenters. The molecule has 2 aromatic rings. The number of ether oxygens (including phenoxy) is 1. The summed E-state index contributed by atoms with van der Waals surface area (Å²) in [5, 5.41) is 9.21. The summed E-state index contributed by atoms with van der Waals surface area (Å²) in [5.41, 5.74) is 1.66. The average molecular weight is 302 g/mol. The molecule has 0 saturated carbocycles. The van der Waals surface area contributed by atoms with Crippen molar-refractivity contribution in [3.05, 3.63) is 58.5 Å². The van der Waals surface area contributed by atoms with Crippen LogP contribution in [0.5, 0.6) is 11.5 Å². The van der Waals surface area contributed by atoms with E-state index < -0.39 is 9.84 Å². The van der Waals surface area contributed by atoms with Crippen LogP contribution in [0.4, 0.5) is 0 Å². The van der Waals surface area contributed by atoms with Crippen LogP contribution >= 0.6 is 0 Å². The lowest BCUT2D eigenvalue weighted by Crippen LogP contribution is -2.08. The summed E-state index contributed by atoms with van der Waals surface area (Å²) in [7, 11) is -3.46. The fraction of sp³-hybridized carbons (Fsp3) is 0.125. The second-order valence-electron chi connectivity index (χ2n) is 4.88. The zero-order chi connectivity index (χ0) is 15.0. The molecule has 3 rings (SSSR count). The molecule has 1 aliphatic rings. The topological polar surface area (TPSA) is 63.6 Å². The lowest BCUT2D eigenvalue weighted by Gasteiger charge is -2.07. The van der Waals surface area contributed by atoms with Crippen LogP contribution in [0, 0.1) is 6.92 Å². The van der Waals surface area contributed by atoms with Gasteiger partial charge in [-0.1, -0.05) is 12.1 Å². The molecule has 0 radical (unpaired) electrons. The highest BCUT2D eigenvalue weighted by Crippen LogP contribution is 2.34. The van der Waals surface area contributed by atoms with E-state index in [0.717, 1.165) is 11.1 Å². The molecule has 2 aromatic carbocycles. The molecule has 5 heteroatoms. The molecule has 4 nitrogen and oxygen atoms in total. The minimum absolute atomic E-state index is 0.0266. The summed E-state index contributed by atoms with van der Waals surface area (Å²) in [4.78, 5) is 0.590. The maximum Gasteiger partial charge on any atom is 0.206 e.